The van der Waals surface area contributed by atoms with E-state index in [0.717, 1.165) is 0 Å². The quantitative estimate of drug-likeness (QED) is 0.0159. The average molecular weight is 985 g/mol. The number of amides is 10. The molecule has 0 spiro atoms. The Hall–Kier alpha value is -7.37. The molecule has 390 valence electrons. The van der Waals surface area contributed by atoms with Crippen LogP contribution in [0, 0.1) is 5.92 Å². The van der Waals surface area contributed by atoms with Gasteiger partial charge in [0.25, 0.3) is 0 Å². The van der Waals surface area contributed by atoms with Crippen molar-refractivity contribution < 1.29 is 57.8 Å². The second kappa shape index (κ2) is 32.4. The lowest BCUT2D eigenvalue weighted by Crippen LogP contribution is -2.61. The number of rotatable bonds is 35. The van der Waals surface area contributed by atoms with E-state index in [2.05, 4.69) is 47.2 Å². The van der Waals surface area contributed by atoms with Crippen LogP contribution in [0.2, 0.25) is 0 Å². The number of aliphatic imine (C=N–C) groups is 2. The minimum absolute atomic E-state index is 0.0255. The molecule has 0 saturated heterocycles. The highest BCUT2D eigenvalue weighted by Gasteiger charge is 2.36. The molecular weight excluding hydrogens is 913 g/mol. The lowest BCUT2D eigenvalue weighted by Gasteiger charge is -2.28. The molecule has 0 aliphatic heterocycles. The monoisotopic (exact) mass is 985 g/mol. The van der Waals surface area contributed by atoms with Gasteiger partial charge in [-0.05, 0) is 57.9 Å². The van der Waals surface area contributed by atoms with E-state index in [1.807, 2.05) is 0 Å². The van der Waals surface area contributed by atoms with Gasteiger partial charge in [-0.1, -0.05) is 26.7 Å². The summed E-state index contributed by atoms with van der Waals surface area (Å²) in [5, 5.41) is 25.5. The highest BCUT2D eigenvalue weighted by Crippen LogP contribution is 2.11. The van der Waals surface area contributed by atoms with Crippen LogP contribution in [0.4, 0.5) is 0 Å². The largest absolute Gasteiger partial charge is 0.480 e. The lowest BCUT2D eigenvalue weighted by atomic mass is 9.97. The van der Waals surface area contributed by atoms with E-state index >= 15 is 0 Å². The van der Waals surface area contributed by atoms with Gasteiger partial charge in [0, 0.05) is 13.1 Å². The molecule has 0 aliphatic carbocycles. The minimum atomic E-state index is -1.91. The molecule has 0 aromatic carbocycles. The molecule has 0 aromatic rings. The van der Waals surface area contributed by atoms with Crippen LogP contribution in [-0.4, -0.2) is 150 Å². The smallest absolute Gasteiger partial charge is 0.325 e. The number of guanidine groups is 2. The molecule has 0 heterocycles. The van der Waals surface area contributed by atoms with Crippen molar-refractivity contribution >= 4 is 77.0 Å². The highest BCUT2D eigenvalue weighted by atomic mass is 16.4. The van der Waals surface area contributed by atoms with Crippen LogP contribution in [0.5, 0.6) is 0 Å². The van der Waals surface area contributed by atoms with E-state index < -0.39 is 139 Å². The summed E-state index contributed by atoms with van der Waals surface area (Å²) in [6.45, 7) is 4.71. The Balaban J connectivity index is 6.79. The number of carbonyl (C=O) groups is 11. The number of nitrogens with zero attached hydrogens (tertiary/aromatic N) is 2. The van der Waals surface area contributed by atoms with Gasteiger partial charge in [-0.25, -0.2) is 0 Å². The molecule has 10 amide bonds. The number of primary amides is 3. The van der Waals surface area contributed by atoms with Gasteiger partial charge in [0.15, 0.2) is 11.9 Å². The number of unbranched alkanes of at least 4 members (excludes halogenated alkanes) is 1. The molecule has 30 heteroatoms. The molecule has 0 fully saturated rings. The van der Waals surface area contributed by atoms with Crippen molar-refractivity contribution in [2.75, 3.05) is 19.6 Å². The molecule has 0 bridgehead atoms. The van der Waals surface area contributed by atoms with E-state index in [0.29, 0.717) is 25.8 Å². The first-order chi connectivity index (χ1) is 32.2. The third-order valence-electron chi connectivity index (χ3n) is 10.1. The Morgan fingerprint density at radius 2 is 0.841 bits per heavy atom. The van der Waals surface area contributed by atoms with Crippen LogP contribution in [0.15, 0.2) is 9.98 Å². The first-order valence-corrected chi connectivity index (χ1v) is 22.0. The van der Waals surface area contributed by atoms with Gasteiger partial charge < -0.3 is 93.9 Å². The van der Waals surface area contributed by atoms with Crippen molar-refractivity contribution in [2.45, 2.75) is 140 Å². The fourth-order valence-electron chi connectivity index (χ4n) is 6.10. The third kappa shape index (κ3) is 25.9. The summed E-state index contributed by atoms with van der Waals surface area (Å²) in [5.41, 5.74) is 49.3. The molecule has 30 nitrogen and oxygen atoms in total. The van der Waals surface area contributed by atoms with Crippen LogP contribution in [0.1, 0.15) is 91.4 Å². The van der Waals surface area contributed by atoms with Crippen LogP contribution in [0.25, 0.3) is 0 Å². The molecule has 0 aliphatic rings. The van der Waals surface area contributed by atoms with E-state index in [-0.39, 0.29) is 57.1 Å². The third-order valence-corrected chi connectivity index (χ3v) is 10.1. The van der Waals surface area contributed by atoms with Crippen LogP contribution in [0.3, 0.4) is 0 Å². The SMILES string of the molecule is CCC(C)C(NC(=O)C(CC(N)=O)NC(=O)C(CC(N)=O)NC(=O)C(CCCN=C(N)N)NC(=O)C(CC(N)=O)NC(=O)C(CCCN=C(N)N)NC(=O)C(N)CCCCN)C(=O)NC(C)C(=O)O. The summed E-state index contributed by atoms with van der Waals surface area (Å²) in [6.07, 6.45) is -1.28. The fourth-order valence-corrected chi connectivity index (χ4v) is 6.10. The number of carbonyl (C=O) groups excluding carboxylic acids is 10. The van der Waals surface area contributed by atoms with Crippen molar-refractivity contribution in [1.82, 2.24) is 37.2 Å². The maximum Gasteiger partial charge on any atom is 0.325 e. The zero-order chi connectivity index (χ0) is 53.0. The summed E-state index contributed by atoms with van der Waals surface area (Å²) < 4.78 is 0. The van der Waals surface area contributed by atoms with E-state index in [1.54, 1.807) is 13.8 Å². The molecule has 26 N–H and O–H groups in total. The van der Waals surface area contributed by atoms with Gasteiger partial charge in [-0.2, -0.15) is 0 Å². The van der Waals surface area contributed by atoms with Crippen molar-refractivity contribution in [3.8, 4) is 0 Å². The normalized spacial score (nSPS) is 14.7. The van der Waals surface area contributed by atoms with Gasteiger partial charge in [-0.3, -0.25) is 62.7 Å². The Morgan fingerprint density at radius 1 is 0.478 bits per heavy atom. The summed E-state index contributed by atoms with van der Waals surface area (Å²) in [6, 6.07) is -12.3. The van der Waals surface area contributed by atoms with Crippen molar-refractivity contribution in [3.05, 3.63) is 0 Å². The maximum atomic E-state index is 14.0. The van der Waals surface area contributed by atoms with Gasteiger partial charge in [0.2, 0.25) is 59.1 Å². The first kappa shape index (κ1) is 61.6. The van der Waals surface area contributed by atoms with Crippen molar-refractivity contribution in [3.63, 3.8) is 0 Å². The van der Waals surface area contributed by atoms with Gasteiger partial charge in [0.05, 0.1) is 25.3 Å². The Morgan fingerprint density at radius 3 is 1.19 bits per heavy atom. The molecule has 69 heavy (non-hydrogen) atoms. The Kier molecular flexibility index (Phi) is 28.9. The molecule has 0 radical (unpaired) electrons. The molecule has 9 unspecified atom stereocenters. The molecular formula is C39H72N18O12. The molecule has 0 saturated carbocycles. The van der Waals surface area contributed by atoms with E-state index in [9.17, 15) is 57.8 Å². The minimum Gasteiger partial charge on any atom is -0.480 e. The predicted octanol–water partition coefficient (Wildman–Crippen LogP) is -8.28. The number of nitrogens with two attached hydrogens (primary N) is 9. The summed E-state index contributed by atoms with van der Waals surface area (Å²) >= 11 is 0. The van der Waals surface area contributed by atoms with Crippen LogP contribution >= 0.6 is 0 Å². The molecule has 9 atom stereocenters. The number of hydrogen-bond acceptors (Lipinski definition) is 15. The first-order valence-electron chi connectivity index (χ1n) is 22.0. The number of nitrogens with one attached hydrogen (secondary N) is 7. The summed E-state index contributed by atoms with van der Waals surface area (Å²) in [4.78, 5) is 150. The van der Waals surface area contributed by atoms with Crippen LogP contribution < -0.4 is 88.8 Å². The second-order valence-corrected chi connectivity index (χ2v) is 16.0. The number of aliphatic carboxylic acids is 1. The van der Waals surface area contributed by atoms with Gasteiger partial charge in [-0.15, -0.1) is 0 Å². The maximum absolute atomic E-state index is 14.0. The van der Waals surface area contributed by atoms with Crippen LogP contribution in [-0.2, 0) is 52.7 Å². The topological polar surface area (TPSA) is 551 Å². The second-order valence-electron chi connectivity index (χ2n) is 16.0. The zero-order valence-corrected chi connectivity index (χ0v) is 39.1. The van der Waals surface area contributed by atoms with E-state index in [4.69, 9.17) is 51.6 Å². The predicted molar refractivity (Wildman–Crippen MR) is 248 cm³/mol. The standard InChI is InChI=1S/C39H72N18O12/c1-4-18(2)29(36(67)51-19(3)37(68)69)57-35(66)25(17-28(44)60)56-34(65)24(16-27(43)59)55-32(63)22(11-8-14-50-39(47)48)53-33(64)23(15-26(42)58)54-31(62)21(10-7-13-49-38(45)46)52-30(61)20(41)9-5-6-12-40/h18-25,29H,4-17,40-41H2,1-3H3,(H2,42,58)(H2,43,59)(H2,44,60)(H,51,67)(H,52,61)(H,53,64)(H,54,62)(H,55,63)(H,56,65)(H,57,66)(H,68,69)(H4,45,46,49)(H4,47,48,50). The number of carboxylic acid groups (broad SMARTS) is 1. The number of carboxylic acids is 1. The van der Waals surface area contributed by atoms with Gasteiger partial charge >= 0.3 is 5.97 Å². The Bertz CT molecular complexity index is 1860. The lowest BCUT2D eigenvalue weighted by molar-refractivity contribution is -0.142. The highest BCUT2D eigenvalue weighted by molar-refractivity contribution is 6.00. The molecule has 0 rings (SSSR count). The average Bonchev–Trinajstić information content (AvgIpc) is 3.25. The number of hydrogen-bond donors (Lipinski definition) is 17. The summed E-state index contributed by atoms with van der Waals surface area (Å²) in [5.74, 6) is -13.2. The van der Waals surface area contributed by atoms with Crippen molar-refractivity contribution in [2.24, 2.45) is 67.5 Å². The van der Waals surface area contributed by atoms with Crippen molar-refractivity contribution in [1.29, 1.82) is 0 Å². The summed E-state index contributed by atoms with van der Waals surface area (Å²) in [7, 11) is 0. The molecule has 0 aromatic heterocycles. The zero-order valence-electron chi connectivity index (χ0n) is 39.1. The Labute approximate surface area is 398 Å². The van der Waals surface area contributed by atoms with Gasteiger partial charge in [0.1, 0.15) is 42.3 Å². The van der Waals surface area contributed by atoms with E-state index in [1.165, 1.54) is 6.92 Å². The fraction of sp³-hybridized carbons (Fsp3) is 0.667.